The highest BCUT2D eigenvalue weighted by molar-refractivity contribution is 5.70. The van der Waals surface area contributed by atoms with Crippen LogP contribution in [0.5, 0.6) is 11.5 Å². The molecule has 0 aliphatic rings. The minimum atomic E-state index is 0.689. The fourth-order valence-corrected chi connectivity index (χ4v) is 1.86. The Morgan fingerprint density at radius 2 is 1.74 bits per heavy atom. The molecule has 0 heterocycles. The summed E-state index contributed by atoms with van der Waals surface area (Å²) in [6, 6.07) is 11.5. The number of hydrogen-bond donors (Lipinski definition) is 2. The van der Waals surface area contributed by atoms with E-state index in [-0.39, 0.29) is 0 Å². The third-order valence-corrected chi connectivity index (χ3v) is 3.04. The van der Waals surface area contributed by atoms with Gasteiger partial charge in [0, 0.05) is 23.1 Å². The zero-order valence-corrected chi connectivity index (χ0v) is 11.4. The van der Waals surface area contributed by atoms with Crippen molar-refractivity contribution in [1.29, 1.82) is 0 Å². The maximum atomic E-state index is 5.89. The second kappa shape index (κ2) is 5.52. The smallest absolute Gasteiger partial charge is 0.162 e. The van der Waals surface area contributed by atoms with Crippen molar-refractivity contribution in [2.75, 3.05) is 25.3 Å². The molecule has 4 heteroatoms. The van der Waals surface area contributed by atoms with Crippen molar-refractivity contribution < 1.29 is 9.47 Å². The molecule has 0 fully saturated rings. The minimum Gasteiger partial charge on any atom is -0.493 e. The van der Waals surface area contributed by atoms with Crippen molar-refractivity contribution in [2.45, 2.75) is 6.92 Å². The van der Waals surface area contributed by atoms with Crippen LogP contribution in [0.2, 0.25) is 0 Å². The lowest BCUT2D eigenvalue weighted by Gasteiger charge is -2.13. The number of benzene rings is 2. The average Bonchev–Trinajstić information content (AvgIpc) is 2.43. The van der Waals surface area contributed by atoms with Gasteiger partial charge < -0.3 is 20.5 Å². The van der Waals surface area contributed by atoms with Crippen molar-refractivity contribution in [1.82, 2.24) is 0 Å². The van der Waals surface area contributed by atoms with E-state index in [0.29, 0.717) is 11.5 Å². The standard InChI is InChI=1S/C15H18N2O2/c1-10-12(16)5-4-6-13(10)17-11-7-8-14(18-2)15(9-11)19-3/h4-9,17H,16H2,1-3H3. The van der Waals surface area contributed by atoms with Crippen LogP contribution < -0.4 is 20.5 Å². The minimum absolute atomic E-state index is 0.689. The lowest BCUT2D eigenvalue weighted by Crippen LogP contribution is -1.98. The number of nitrogen functional groups attached to an aromatic ring is 1. The van der Waals surface area contributed by atoms with E-state index in [2.05, 4.69) is 5.32 Å². The maximum Gasteiger partial charge on any atom is 0.162 e. The molecule has 19 heavy (non-hydrogen) atoms. The Morgan fingerprint density at radius 3 is 2.42 bits per heavy atom. The van der Waals surface area contributed by atoms with Crippen molar-refractivity contribution in [3.05, 3.63) is 42.0 Å². The molecular formula is C15H18N2O2. The molecule has 0 saturated carbocycles. The van der Waals surface area contributed by atoms with Crippen LogP contribution in [-0.4, -0.2) is 14.2 Å². The highest BCUT2D eigenvalue weighted by Gasteiger charge is 2.06. The number of ether oxygens (including phenoxy) is 2. The van der Waals surface area contributed by atoms with Gasteiger partial charge in [0.25, 0.3) is 0 Å². The van der Waals surface area contributed by atoms with E-state index in [9.17, 15) is 0 Å². The molecule has 3 N–H and O–H groups in total. The molecule has 0 spiro atoms. The molecule has 0 bridgehead atoms. The summed E-state index contributed by atoms with van der Waals surface area (Å²) in [6.45, 7) is 1.98. The molecule has 0 saturated heterocycles. The quantitative estimate of drug-likeness (QED) is 0.826. The molecule has 0 radical (unpaired) electrons. The molecular weight excluding hydrogens is 240 g/mol. The number of methoxy groups -OCH3 is 2. The highest BCUT2D eigenvalue weighted by Crippen LogP contribution is 2.32. The molecule has 2 rings (SSSR count). The number of hydrogen-bond acceptors (Lipinski definition) is 4. The van der Waals surface area contributed by atoms with Gasteiger partial charge >= 0.3 is 0 Å². The Morgan fingerprint density at radius 1 is 1.00 bits per heavy atom. The van der Waals surface area contributed by atoms with E-state index in [1.807, 2.05) is 43.3 Å². The van der Waals surface area contributed by atoms with Gasteiger partial charge in [-0.05, 0) is 36.8 Å². The molecule has 0 atom stereocenters. The van der Waals surface area contributed by atoms with Gasteiger partial charge in [0.15, 0.2) is 11.5 Å². The van der Waals surface area contributed by atoms with Gasteiger partial charge in [-0.15, -0.1) is 0 Å². The summed E-state index contributed by atoms with van der Waals surface area (Å²) in [5.41, 5.74) is 9.59. The summed E-state index contributed by atoms with van der Waals surface area (Å²) < 4.78 is 10.5. The molecule has 0 unspecified atom stereocenters. The van der Waals surface area contributed by atoms with Gasteiger partial charge in [-0.2, -0.15) is 0 Å². The molecule has 0 amide bonds. The number of rotatable bonds is 4. The first kappa shape index (κ1) is 13.1. The van der Waals surface area contributed by atoms with Crippen LogP contribution in [0.3, 0.4) is 0 Å². The molecule has 0 aromatic heterocycles. The SMILES string of the molecule is COc1ccc(Nc2cccc(N)c2C)cc1OC. The van der Waals surface area contributed by atoms with Crippen LogP contribution in [0.25, 0.3) is 0 Å². The molecule has 0 aliphatic heterocycles. The van der Waals surface area contributed by atoms with Crippen LogP contribution in [-0.2, 0) is 0 Å². The van der Waals surface area contributed by atoms with Crippen molar-refractivity contribution in [3.8, 4) is 11.5 Å². The lowest BCUT2D eigenvalue weighted by atomic mass is 10.1. The summed E-state index contributed by atoms with van der Waals surface area (Å²) in [7, 11) is 3.24. The summed E-state index contributed by atoms with van der Waals surface area (Å²) in [5, 5.41) is 3.32. The predicted octanol–water partition coefficient (Wildman–Crippen LogP) is 3.34. The first-order valence-corrected chi connectivity index (χ1v) is 6.00. The zero-order valence-electron chi connectivity index (χ0n) is 11.4. The summed E-state index contributed by atoms with van der Waals surface area (Å²) in [4.78, 5) is 0. The summed E-state index contributed by atoms with van der Waals surface area (Å²) in [6.07, 6.45) is 0. The fraction of sp³-hybridized carbons (Fsp3) is 0.200. The van der Waals surface area contributed by atoms with Crippen LogP contribution in [0.4, 0.5) is 17.1 Å². The largest absolute Gasteiger partial charge is 0.493 e. The highest BCUT2D eigenvalue weighted by atomic mass is 16.5. The van der Waals surface area contributed by atoms with E-state index in [0.717, 1.165) is 22.6 Å². The second-order valence-corrected chi connectivity index (χ2v) is 4.21. The number of nitrogens with two attached hydrogens (primary N) is 1. The van der Waals surface area contributed by atoms with E-state index in [1.165, 1.54) is 0 Å². The molecule has 0 aliphatic carbocycles. The first-order chi connectivity index (χ1) is 9.15. The van der Waals surface area contributed by atoms with Gasteiger partial charge in [-0.3, -0.25) is 0 Å². The van der Waals surface area contributed by atoms with Gasteiger partial charge in [-0.1, -0.05) is 6.07 Å². The van der Waals surface area contributed by atoms with Gasteiger partial charge in [-0.25, -0.2) is 0 Å². The first-order valence-electron chi connectivity index (χ1n) is 6.00. The molecule has 2 aromatic rings. The zero-order chi connectivity index (χ0) is 13.8. The summed E-state index contributed by atoms with van der Waals surface area (Å²) >= 11 is 0. The van der Waals surface area contributed by atoms with E-state index < -0.39 is 0 Å². The van der Waals surface area contributed by atoms with Gasteiger partial charge in [0.1, 0.15) is 0 Å². The van der Waals surface area contributed by atoms with Crippen LogP contribution in [0.1, 0.15) is 5.56 Å². The fourth-order valence-electron chi connectivity index (χ4n) is 1.86. The van der Waals surface area contributed by atoms with E-state index in [4.69, 9.17) is 15.2 Å². The van der Waals surface area contributed by atoms with E-state index in [1.54, 1.807) is 14.2 Å². The summed E-state index contributed by atoms with van der Waals surface area (Å²) in [5.74, 6) is 1.39. The average molecular weight is 258 g/mol. The monoisotopic (exact) mass is 258 g/mol. The topological polar surface area (TPSA) is 56.5 Å². The normalized spacial score (nSPS) is 10.1. The third-order valence-electron chi connectivity index (χ3n) is 3.04. The Kier molecular flexibility index (Phi) is 3.80. The number of nitrogens with one attached hydrogen (secondary N) is 1. The van der Waals surface area contributed by atoms with Crippen LogP contribution in [0, 0.1) is 6.92 Å². The lowest BCUT2D eigenvalue weighted by molar-refractivity contribution is 0.355. The van der Waals surface area contributed by atoms with Crippen LogP contribution >= 0.6 is 0 Å². The Labute approximate surface area is 113 Å². The second-order valence-electron chi connectivity index (χ2n) is 4.21. The molecule has 100 valence electrons. The third kappa shape index (κ3) is 2.73. The van der Waals surface area contributed by atoms with Gasteiger partial charge in [0.2, 0.25) is 0 Å². The molecule has 2 aromatic carbocycles. The van der Waals surface area contributed by atoms with Gasteiger partial charge in [0.05, 0.1) is 14.2 Å². The Balaban J connectivity index is 2.31. The Bertz CT molecular complexity index is 582. The van der Waals surface area contributed by atoms with E-state index >= 15 is 0 Å². The Hall–Kier alpha value is -2.36. The van der Waals surface area contributed by atoms with Crippen molar-refractivity contribution >= 4 is 17.1 Å². The maximum absolute atomic E-state index is 5.89. The predicted molar refractivity (Wildman–Crippen MR) is 78.4 cm³/mol. The number of anilines is 3. The van der Waals surface area contributed by atoms with Crippen LogP contribution in [0.15, 0.2) is 36.4 Å². The van der Waals surface area contributed by atoms with Crippen molar-refractivity contribution in [3.63, 3.8) is 0 Å². The van der Waals surface area contributed by atoms with Crippen molar-refractivity contribution in [2.24, 2.45) is 0 Å². The molecule has 4 nitrogen and oxygen atoms in total.